The molecule has 0 amide bonds. The Hall–Kier alpha value is -1.61. The van der Waals surface area contributed by atoms with E-state index in [2.05, 4.69) is 23.0 Å². The Labute approximate surface area is 106 Å². The van der Waals surface area contributed by atoms with Crippen molar-refractivity contribution in [2.75, 3.05) is 13.6 Å². The predicted molar refractivity (Wildman–Crippen MR) is 73.9 cm³/mol. The number of benzene rings is 1. The van der Waals surface area contributed by atoms with Gasteiger partial charge in [-0.05, 0) is 44.5 Å². The van der Waals surface area contributed by atoms with Crippen molar-refractivity contribution in [2.45, 2.75) is 25.3 Å². The first-order valence-electron chi connectivity index (χ1n) is 6.55. The van der Waals surface area contributed by atoms with Gasteiger partial charge in [-0.25, -0.2) is 0 Å². The molecule has 0 aliphatic carbocycles. The van der Waals surface area contributed by atoms with Gasteiger partial charge in [-0.2, -0.15) is 0 Å². The third-order valence-corrected chi connectivity index (χ3v) is 3.96. The van der Waals surface area contributed by atoms with E-state index in [0.717, 1.165) is 11.9 Å². The zero-order chi connectivity index (χ0) is 12.5. The summed E-state index contributed by atoms with van der Waals surface area (Å²) in [4.78, 5) is 17.0. The smallest absolute Gasteiger partial charge is 0.248 e. The SMILES string of the molecule is CN1CCCC1Cc1cc(=O)[nH]c2ccccc12. The fraction of sp³-hybridized carbons (Fsp3) is 0.400. The summed E-state index contributed by atoms with van der Waals surface area (Å²) in [6.07, 6.45) is 3.47. The van der Waals surface area contributed by atoms with Crippen LogP contribution in [0.4, 0.5) is 0 Å². The van der Waals surface area contributed by atoms with E-state index in [1.54, 1.807) is 6.07 Å². The van der Waals surface area contributed by atoms with Crippen LogP contribution in [-0.4, -0.2) is 29.5 Å². The largest absolute Gasteiger partial charge is 0.322 e. The molecule has 2 heterocycles. The van der Waals surface area contributed by atoms with Crippen molar-refractivity contribution in [1.29, 1.82) is 0 Å². The van der Waals surface area contributed by atoms with Gasteiger partial charge in [0.1, 0.15) is 0 Å². The van der Waals surface area contributed by atoms with Gasteiger partial charge in [0.2, 0.25) is 5.56 Å². The molecule has 1 aliphatic rings. The van der Waals surface area contributed by atoms with Crippen molar-refractivity contribution in [2.24, 2.45) is 0 Å². The Morgan fingerprint density at radius 3 is 3.00 bits per heavy atom. The average molecular weight is 242 g/mol. The first kappa shape index (κ1) is 11.5. The summed E-state index contributed by atoms with van der Waals surface area (Å²) in [5.41, 5.74) is 2.12. The summed E-state index contributed by atoms with van der Waals surface area (Å²) in [7, 11) is 2.17. The van der Waals surface area contributed by atoms with Crippen molar-refractivity contribution >= 4 is 10.9 Å². The first-order valence-corrected chi connectivity index (χ1v) is 6.55. The van der Waals surface area contributed by atoms with E-state index in [9.17, 15) is 4.79 Å². The number of hydrogen-bond acceptors (Lipinski definition) is 2. The minimum absolute atomic E-state index is 0.00403. The van der Waals surface area contributed by atoms with Crippen LogP contribution >= 0.6 is 0 Å². The molecule has 1 fully saturated rings. The number of para-hydroxylation sites is 1. The standard InChI is InChI=1S/C15H18N2O/c1-17-8-4-5-12(17)9-11-10-15(18)16-14-7-3-2-6-13(11)14/h2-3,6-7,10,12H,4-5,8-9H2,1H3,(H,16,18). The van der Waals surface area contributed by atoms with E-state index in [1.807, 2.05) is 18.2 Å². The van der Waals surface area contributed by atoms with Crippen LogP contribution in [0.15, 0.2) is 35.1 Å². The van der Waals surface area contributed by atoms with Gasteiger partial charge in [0.15, 0.2) is 0 Å². The second kappa shape index (κ2) is 4.58. The average Bonchev–Trinajstić information content (AvgIpc) is 2.75. The number of aromatic nitrogens is 1. The van der Waals surface area contributed by atoms with E-state index in [0.29, 0.717) is 6.04 Å². The molecule has 0 radical (unpaired) electrons. The number of fused-ring (bicyclic) bond motifs is 1. The maximum atomic E-state index is 11.7. The molecule has 94 valence electrons. The number of H-pyrrole nitrogens is 1. The van der Waals surface area contributed by atoms with Crippen molar-refractivity contribution in [1.82, 2.24) is 9.88 Å². The Morgan fingerprint density at radius 1 is 1.39 bits per heavy atom. The molecule has 18 heavy (non-hydrogen) atoms. The monoisotopic (exact) mass is 242 g/mol. The lowest BCUT2D eigenvalue weighted by molar-refractivity contribution is 0.310. The van der Waals surface area contributed by atoms with E-state index >= 15 is 0 Å². The van der Waals surface area contributed by atoms with Crippen LogP contribution in [0.25, 0.3) is 10.9 Å². The molecular formula is C15H18N2O. The van der Waals surface area contributed by atoms with Crippen LogP contribution in [0.2, 0.25) is 0 Å². The van der Waals surface area contributed by atoms with E-state index in [4.69, 9.17) is 0 Å². The number of nitrogens with zero attached hydrogens (tertiary/aromatic N) is 1. The summed E-state index contributed by atoms with van der Waals surface area (Å²) >= 11 is 0. The molecule has 1 atom stereocenters. The van der Waals surface area contributed by atoms with E-state index in [-0.39, 0.29) is 5.56 Å². The molecule has 1 saturated heterocycles. The third-order valence-electron chi connectivity index (χ3n) is 3.96. The molecule has 1 aliphatic heterocycles. The summed E-state index contributed by atoms with van der Waals surface area (Å²) in [5.74, 6) is 0. The molecule has 1 unspecified atom stereocenters. The highest BCUT2D eigenvalue weighted by atomic mass is 16.1. The van der Waals surface area contributed by atoms with E-state index < -0.39 is 0 Å². The zero-order valence-electron chi connectivity index (χ0n) is 10.6. The highest BCUT2D eigenvalue weighted by Crippen LogP contribution is 2.22. The third kappa shape index (κ3) is 2.06. The minimum Gasteiger partial charge on any atom is -0.322 e. The second-order valence-electron chi connectivity index (χ2n) is 5.19. The van der Waals surface area contributed by atoms with Crippen LogP contribution < -0.4 is 5.56 Å². The lowest BCUT2D eigenvalue weighted by Gasteiger charge is -2.19. The number of aromatic amines is 1. The van der Waals surface area contributed by atoms with Crippen LogP contribution in [0.1, 0.15) is 18.4 Å². The number of hydrogen-bond donors (Lipinski definition) is 1. The molecule has 3 rings (SSSR count). The molecule has 3 heteroatoms. The quantitative estimate of drug-likeness (QED) is 0.876. The number of likely N-dealkylation sites (tertiary alicyclic amines) is 1. The lowest BCUT2D eigenvalue weighted by Crippen LogP contribution is -2.27. The number of likely N-dealkylation sites (N-methyl/N-ethyl adjacent to an activating group) is 1. The maximum Gasteiger partial charge on any atom is 0.248 e. The van der Waals surface area contributed by atoms with Gasteiger partial charge < -0.3 is 9.88 Å². The molecule has 2 aromatic rings. The predicted octanol–water partition coefficient (Wildman–Crippen LogP) is 2.16. The second-order valence-corrected chi connectivity index (χ2v) is 5.19. The minimum atomic E-state index is 0.00403. The fourth-order valence-corrected chi connectivity index (χ4v) is 2.94. The van der Waals surface area contributed by atoms with E-state index in [1.165, 1.54) is 30.3 Å². The first-order chi connectivity index (χ1) is 8.74. The summed E-state index contributed by atoms with van der Waals surface area (Å²) < 4.78 is 0. The zero-order valence-corrected chi connectivity index (χ0v) is 10.6. The molecule has 1 aromatic heterocycles. The number of nitrogens with one attached hydrogen (secondary N) is 1. The van der Waals surface area contributed by atoms with Gasteiger partial charge in [0, 0.05) is 23.0 Å². The van der Waals surface area contributed by atoms with Crippen LogP contribution in [0.5, 0.6) is 0 Å². The molecule has 0 bridgehead atoms. The highest BCUT2D eigenvalue weighted by molar-refractivity contribution is 5.81. The molecular weight excluding hydrogens is 224 g/mol. The molecule has 0 saturated carbocycles. The molecule has 0 spiro atoms. The molecule has 3 nitrogen and oxygen atoms in total. The summed E-state index contributed by atoms with van der Waals surface area (Å²) in [6.45, 7) is 1.17. The van der Waals surface area contributed by atoms with Crippen molar-refractivity contribution in [3.05, 3.63) is 46.2 Å². The van der Waals surface area contributed by atoms with Crippen LogP contribution in [-0.2, 0) is 6.42 Å². The summed E-state index contributed by atoms with van der Waals surface area (Å²) in [5, 5.41) is 1.18. The van der Waals surface area contributed by atoms with Gasteiger partial charge in [-0.3, -0.25) is 4.79 Å². The Bertz CT molecular complexity index is 617. The number of rotatable bonds is 2. The highest BCUT2D eigenvalue weighted by Gasteiger charge is 2.21. The van der Waals surface area contributed by atoms with Crippen molar-refractivity contribution < 1.29 is 0 Å². The van der Waals surface area contributed by atoms with Gasteiger partial charge >= 0.3 is 0 Å². The van der Waals surface area contributed by atoms with Crippen LogP contribution in [0, 0.1) is 0 Å². The Kier molecular flexibility index (Phi) is 2.92. The lowest BCUT2D eigenvalue weighted by atomic mass is 10.0. The van der Waals surface area contributed by atoms with Crippen LogP contribution in [0.3, 0.4) is 0 Å². The summed E-state index contributed by atoms with van der Waals surface area (Å²) in [6, 6.07) is 10.4. The Morgan fingerprint density at radius 2 is 2.22 bits per heavy atom. The molecule has 1 aromatic carbocycles. The van der Waals surface area contributed by atoms with Crippen molar-refractivity contribution in [3.63, 3.8) is 0 Å². The fourth-order valence-electron chi connectivity index (χ4n) is 2.94. The van der Waals surface area contributed by atoms with Gasteiger partial charge in [-0.1, -0.05) is 18.2 Å². The number of pyridine rings is 1. The maximum absolute atomic E-state index is 11.7. The topological polar surface area (TPSA) is 36.1 Å². The van der Waals surface area contributed by atoms with Crippen molar-refractivity contribution in [3.8, 4) is 0 Å². The van der Waals surface area contributed by atoms with Gasteiger partial charge in [0.25, 0.3) is 0 Å². The normalized spacial score (nSPS) is 20.6. The molecule has 1 N–H and O–H groups in total. The van der Waals surface area contributed by atoms with Gasteiger partial charge in [-0.15, -0.1) is 0 Å². The van der Waals surface area contributed by atoms with Gasteiger partial charge in [0.05, 0.1) is 0 Å². The Balaban J connectivity index is 2.02.